The lowest BCUT2D eigenvalue weighted by Crippen LogP contribution is -2.10. The molecule has 13 heavy (non-hydrogen) atoms. The Hall–Kier alpha value is 0.250. The summed E-state index contributed by atoms with van der Waals surface area (Å²) in [6.45, 7) is 3.18. The van der Waals surface area contributed by atoms with Crippen LogP contribution >= 0.6 is 11.6 Å². The highest BCUT2D eigenvalue weighted by Gasteiger charge is 2.15. The van der Waals surface area contributed by atoms with Gasteiger partial charge in [-0.3, -0.25) is 0 Å². The first-order chi connectivity index (χ1) is 6.33. The molecule has 1 saturated carbocycles. The van der Waals surface area contributed by atoms with Gasteiger partial charge < -0.3 is 4.74 Å². The van der Waals surface area contributed by atoms with Crippen molar-refractivity contribution in [3.05, 3.63) is 0 Å². The van der Waals surface area contributed by atoms with E-state index < -0.39 is 0 Å². The molecule has 0 aromatic rings. The molecular weight excluding hydrogens is 184 g/mol. The second-order valence-corrected chi connectivity index (χ2v) is 4.53. The number of ether oxygens (including phenoxy) is 1. The maximum absolute atomic E-state index is 5.78. The molecule has 1 unspecified atom stereocenters. The fourth-order valence-corrected chi connectivity index (χ4v) is 2.19. The van der Waals surface area contributed by atoms with Crippen LogP contribution in [0.2, 0.25) is 0 Å². The van der Waals surface area contributed by atoms with E-state index in [0.29, 0.717) is 6.10 Å². The lowest BCUT2D eigenvalue weighted by Gasteiger charge is -2.13. The highest BCUT2D eigenvalue weighted by molar-refractivity contribution is 6.17. The van der Waals surface area contributed by atoms with Crippen molar-refractivity contribution in [2.45, 2.75) is 51.6 Å². The Bertz CT molecular complexity index is 121. The summed E-state index contributed by atoms with van der Waals surface area (Å²) >= 11 is 5.66. The second-order valence-electron chi connectivity index (χ2n) is 4.15. The number of alkyl halides is 1. The summed E-state index contributed by atoms with van der Waals surface area (Å²) in [4.78, 5) is 0. The topological polar surface area (TPSA) is 9.23 Å². The number of halogens is 1. The number of hydrogen-bond donors (Lipinski definition) is 0. The van der Waals surface area contributed by atoms with Crippen LogP contribution in [-0.2, 0) is 4.74 Å². The van der Waals surface area contributed by atoms with Crippen LogP contribution in [0.15, 0.2) is 0 Å². The first kappa shape index (κ1) is 11.3. The van der Waals surface area contributed by atoms with Gasteiger partial charge in [-0.15, -0.1) is 11.6 Å². The maximum Gasteiger partial charge on any atom is 0.0575 e. The van der Waals surface area contributed by atoms with Gasteiger partial charge in [0.25, 0.3) is 0 Å². The van der Waals surface area contributed by atoms with Crippen molar-refractivity contribution < 1.29 is 4.74 Å². The van der Waals surface area contributed by atoms with Crippen molar-refractivity contribution in [3.8, 4) is 0 Å². The largest absolute Gasteiger partial charge is 0.378 e. The SMILES string of the molecule is CC(CCCl)CCOC1CCCC1. The Morgan fingerprint density at radius 1 is 1.31 bits per heavy atom. The van der Waals surface area contributed by atoms with E-state index >= 15 is 0 Å². The monoisotopic (exact) mass is 204 g/mol. The molecule has 0 amide bonds. The van der Waals surface area contributed by atoms with Crippen molar-refractivity contribution >= 4 is 11.6 Å². The minimum atomic E-state index is 0.572. The summed E-state index contributed by atoms with van der Waals surface area (Å²) in [6, 6.07) is 0. The van der Waals surface area contributed by atoms with Gasteiger partial charge >= 0.3 is 0 Å². The smallest absolute Gasteiger partial charge is 0.0575 e. The van der Waals surface area contributed by atoms with Gasteiger partial charge in [-0.2, -0.15) is 0 Å². The van der Waals surface area contributed by atoms with Gasteiger partial charge in [0.05, 0.1) is 6.10 Å². The molecule has 0 spiro atoms. The summed E-state index contributed by atoms with van der Waals surface area (Å²) < 4.78 is 5.78. The molecular formula is C11H21ClO. The Labute approximate surface area is 86.8 Å². The van der Waals surface area contributed by atoms with E-state index in [1.807, 2.05) is 0 Å². The van der Waals surface area contributed by atoms with Gasteiger partial charge in [0.1, 0.15) is 0 Å². The van der Waals surface area contributed by atoms with Crippen LogP contribution in [0.3, 0.4) is 0 Å². The van der Waals surface area contributed by atoms with Crippen molar-refractivity contribution in [1.82, 2.24) is 0 Å². The molecule has 0 saturated heterocycles. The molecule has 0 radical (unpaired) electrons. The molecule has 0 aliphatic heterocycles. The van der Waals surface area contributed by atoms with E-state index in [0.717, 1.165) is 24.8 Å². The third kappa shape index (κ3) is 4.87. The lowest BCUT2D eigenvalue weighted by atomic mass is 10.1. The Kier molecular flexibility index (Phi) is 5.81. The summed E-state index contributed by atoms with van der Waals surface area (Å²) in [5.41, 5.74) is 0. The molecule has 0 aromatic carbocycles. The second kappa shape index (κ2) is 6.67. The van der Waals surface area contributed by atoms with Crippen molar-refractivity contribution in [2.24, 2.45) is 5.92 Å². The molecule has 1 nitrogen and oxygen atoms in total. The van der Waals surface area contributed by atoms with Gasteiger partial charge in [-0.05, 0) is 31.6 Å². The fourth-order valence-electron chi connectivity index (χ4n) is 1.82. The average Bonchev–Trinajstić information content (AvgIpc) is 2.57. The summed E-state index contributed by atoms with van der Waals surface area (Å²) in [5.74, 6) is 1.50. The Balaban J connectivity index is 1.93. The summed E-state index contributed by atoms with van der Waals surface area (Å²) in [6.07, 6.45) is 8.15. The van der Waals surface area contributed by atoms with E-state index in [4.69, 9.17) is 16.3 Å². The minimum Gasteiger partial charge on any atom is -0.378 e. The predicted octanol–water partition coefficient (Wildman–Crippen LogP) is 3.60. The molecule has 0 bridgehead atoms. The van der Waals surface area contributed by atoms with Gasteiger partial charge in [0.2, 0.25) is 0 Å². The standard InChI is InChI=1S/C11H21ClO/c1-10(6-8-12)7-9-13-11-4-2-3-5-11/h10-11H,2-9H2,1H3. The Morgan fingerprint density at radius 2 is 2.00 bits per heavy atom. The quantitative estimate of drug-likeness (QED) is 0.601. The first-order valence-electron chi connectivity index (χ1n) is 5.50. The molecule has 1 aliphatic carbocycles. The minimum absolute atomic E-state index is 0.572. The highest BCUT2D eigenvalue weighted by atomic mass is 35.5. The maximum atomic E-state index is 5.78. The molecule has 1 aliphatic rings. The van der Waals surface area contributed by atoms with Crippen molar-refractivity contribution in [3.63, 3.8) is 0 Å². The third-order valence-electron chi connectivity index (χ3n) is 2.87. The van der Waals surface area contributed by atoms with Crippen LogP contribution in [0.4, 0.5) is 0 Å². The van der Waals surface area contributed by atoms with Gasteiger partial charge in [-0.1, -0.05) is 19.8 Å². The van der Waals surface area contributed by atoms with Crippen molar-refractivity contribution in [1.29, 1.82) is 0 Å². The van der Waals surface area contributed by atoms with Crippen LogP contribution in [0, 0.1) is 5.92 Å². The van der Waals surface area contributed by atoms with Crippen LogP contribution < -0.4 is 0 Å². The average molecular weight is 205 g/mol. The molecule has 2 heteroatoms. The zero-order valence-electron chi connectivity index (χ0n) is 8.60. The van der Waals surface area contributed by atoms with E-state index in [1.54, 1.807) is 0 Å². The zero-order chi connectivity index (χ0) is 9.52. The molecule has 0 aromatic heterocycles. The van der Waals surface area contributed by atoms with Gasteiger partial charge in [0, 0.05) is 12.5 Å². The number of hydrogen-bond acceptors (Lipinski definition) is 1. The van der Waals surface area contributed by atoms with Crippen molar-refractivity contribution in [2.75, 3.05) is 12.5 Å². The molecule has 1 fully saturated rings. The predicted molar refractivity (Wildman–Crippen MR) is 57.3 cm³/mol. The fraction of sp³-hybridized carbons (Fsp3) is 1.00. The molecule has 0 heterocycles. The molecule has 1 atom stereocenters. The summed E-state index contributed by atoms with van der Waals surface area (Å²) in [5, 5.41) is 0. The van der Waals surface area contributed by atoms with Crippen LogP contribution in [-0.4, -0.2) is 18.6 Å². The first-order valence-corrected chi connectivity index (χ1v) is 6.04. The third-order valence-corrected chi connectivity index (χ3v) is 3.09. The molecule has 0 N–H and O–H groups in total. The summed E-state index contributed by atoms with van der Waals surface area (Å²) in [7, 11) is 0. The van der Waals surface area contributed by atoms with Gasteiger partial charge in [0.15, 0.2) is 0 Å². The molecule has 1 rings (SSSR count). The normalized spacial score (nSPS) is 20.8. The number of rotatable bonds is 6. The molecule has 78 valence electrons. The van der Waals surface area contributed by atoms with E-state index in [9.17, 15) is 0 Å². The van der Waals surface area contributed by atoms with E-state index in [2.05, 4.69) is 6.92 Å². The highest BCUT2D eigenvalue weighted by Crippen LogP contribution is 2.21. The zero-order valence-corrected chi connectivity index (χ0v) is 9.35. The Morgan fingerprint density at radius 3 is 2.62 bits per heavy atom. The van der Waals surface area contributed by atoms with E-state index in [-0.39, 0.29) is 0 Å². The van der Waals surface area contributed by atoms with E-state index in [1.165, 1.54) is 32.1 Å². The van der Waals surface area contributed by atoms with Crippen LogP contribution in [0.5, 0.6) is 0 Å². The lowest BCUT2D eigenvalue weighted by molar-refractivity contribution is 0.0502. The van der Waals surface area contributed by atoms with Gasteiger partial charge in [-0.25, -0.2) is 0 Å². The van der Waals surface area contributed by atoms with Crippen LogP contribution in [0.1, 0.15) is 45.4 Å². The van der Waals surface area contributed by atoms with Crippen LogP contribution in [0.25, 0.3) is 0 Å².